The van der Waals surface area contributed by atoms with Gasteiger partial charge in [0.2, 0.25) is 23.6 Å². The van der Waals surface area contributed by atoms with Crippen molar-refractivity contribution in [1.29, 1.82) is 0 Å². The Labute approximate surface area is 231 Å². The summed E-state index contributed by atoms with van der Waals surface area (Å²) >= 11 is 1.45. The molecule has 1 aromatic heterocycles. The van der Waals surface area contributed by atoms with E-state index >= 15 is 0 Å². The van der Waals surface area contributed by atoms with Gasteiger partial charge in [-0.25, -0.2) is 0 Å². The number of rotatable bonds is 17. The summed E-state index contributed by atoms with van der Waals surface area (Å²) in [5, 5.41) is 17.7. The molecule has 2 rings (SSSR count). The second kappa shape index (κ2) is 15.7. The predicted octanol–water partition coefficient (Wildman–Crippen LogP) is 0.395. The van der Waals surface area contributed by atoms with Gasteiger partial charge in [0.05, 0.1) is 12.5 Å². The van der Waals surface area contributed by atoms with Crippen molar-refractivity contribution in [2.45, 2.75) is 69.6 Å². The van der Waals surface area contributed by atoms with E-state index in [2.05, 4.69) is 20.9 Å². The number of hydrogen-bond acceptors (Lipinski definition) is 7. The maximum Gasteiger partial charge on any atom is 0.305 e. The van der Waals surface area contributed by atoms with Gasteiger partial charge in [-0.05, 0) is 42.9 Å². The van der Waals surface area contributed by atoms with Crippen molar-refractivity contribution < 1.29 is 29.1 Å². The SMILES string of the molecule is CCCCC(NC(=O)[C@H](CC(=O)O)NC(=O)[C@H](CCSC)NC(=O)[C@@H](N)Cc1c[nH]c2ccccc12)C(N)=O. The number of carboxylic acids is 1. The summed E-state index contributed by atoms with van der Waals surface area (Å²) < 4.78 is 0. The van der Waals surface area contributed by atoms with Gasteiger partial charge in [0.25, 0.3) is 0 Å². The van der Waals surface area contributed by atoms with Crippen LogP contribution in [0.4, 0.5) is 0 Å². The highest BCUT2D eigenvalue weighted by Crippen LogP contribution is 2.19. The third kappa shape index (κ3) is 9.91. The first-order valence-corrected chi connectivity index (χ1v) is 14.2. The first kappa shape index (κ1) is 31.6. The number of para-hydroxylation sites is 1. The van der Waals surface area contributed by atoms with Crippen molar-refractivity contribution in [3.8, 4) is 0 Å². The lowest BCUT2D eigenvalue weighted by Gasteiger charge is -2.24. The lowest BCUT2D eigenvalue weighted by molar-refractivity contribution is -0.141. The number of H-pyrrole nitrogens is 1. The molecule has 0 aliphatic heterocycles. The zero-order chi connectivity index (χ0) is 28.9. The normalized spacial score (nSPS) is 14.1. The van der Waals surface area contributed by atoms with E-state index in [1.54, 1.807) is 6.20 Å². The van der Waals surface area contributed by atoms with Crippen LogP contribution < -0.4 is 27.4 Å². The van der Waals surface area contributed by atoms with E-state index in [9.17, 15) is 29.1 Å². The van der Waals surface area contributed by atoms with Crippen LogP contribution in [-0.4, -0.2) is 75.9 Å². The average Bonchev–Trinajstić information content (AvgIpc) is 3.30. The topological polar surface area (TPSA) is 210 Å². The summed E-state index contributed by atoms with van der Waals surface area (Å²) in [6.07, 6.45) is 5.00. The highest BCUT2D eigenvalue weighted by Gasteiger charge is 2.31. The molecule has 1 unspecified atom stereocenters. The largest absolute Gasteiger partial charge is 0.481 e. The molecule has 2 aromatic rings. The fraction of sp³-hybridized carbons (Fsp3) is 0.500. The number of unbranched alkanes of at least 4 members (excludes halogenated alkanes) is 1. The Morgan fingerprint density at radius 1 is 0.974 bits per heavy atom. The standard InChI is InChI=1S/C26H38N6O6S/c1-3-4-8-19(23(28)35)30-26(38)21(13-22(33)34)32-25(37)20(10-11-39-2)31-24(36)17(27)12-15-14-29-18-9-6-5-7-16(15)18/h5-7,9,14,17,19-21,29H,3-4,8,10-13,27H2,1-2H3,(H2,28,35)(H,30,38)(H,31,36)(H,32,37)(H,33,34)/t17-,19?,20-,21-/m0/s1. The van der Waals surface area contributed by atoms with E-state index in [0.717, 1.165) is 22.9 Å². The van der Waals surface area contributed by atoms with Crippen LogP contribution in [0.2, 0.25) is 0 Å². The van der Waals surface area contributed by atoms with E-state index in [1.807, 2.05) is 37.4 Å². The Morgan fingerprint density at radius 2 is 1.62 bits per heavy atom. The smallest absolute Gasteiger partial charge is 0.305 e. The quantitative estimate of drug-likeness (QED) is 0.143. The second-order valence-electron chi connectivity index (χ2n) is 9.28. The van der Waals surface area contributed by atoms with E-state index in [0.29, 0.717) is 12.2 Å². The van der Waals surface area contributed by atoms with Crippen LogP contribution in [0.25, 0.3) is 10.9 Å². The number of nitrogens with one attached hydrogen (secondary N) is 4. The number of hydrogen-bond donors (Lipinski definition) is 7. The fourth-order valence-corrected chi connectivity index (χ4v) is 4.51. The molecule has 13 heteroatoms. The van der Waals surface area contributed by atoms with Gasteiger partial charge < -0.3 is 37.5 Å². The van der Waals surface area contributed by atoms with Crippen LogP contribution >= 0.6 is 11.8 Å². The monoisotopic (exact) mass is 562 g/mol. The van der Waals surface area contributed by atoms with Crippen LogP contribution in [0, 0.1) is 0 Å². The number of aromatic nitrogens is 1. The van der Waals surface area contributed by atoms with Crippen LogP contribution in [0.1, 0.15) is 44.6 Å². The third-order valence-corrected chi connectivity index (χ3v) is 6.86. The minimum absolute atomic E-state index is 0.223. The minimum atomic E-state index is -1.48. The van der Waals surface area contributed by atoms with Crippen molar-refractivity contribution in [2.24, 2.45) is 11.5 Å². The molecule has 1 aromatic carbocycles. The van der Waals surface area contributed by atoms with Crippen LogP contribution in [0.15, 0.2) is 30.5 Å². The van der Waals surface area contributed by atoms with Gasteiger partial charge in [0.15, 0.2) is 0 Å². The second-order valence-corrected chi connectivity index (χ2v) is 10.3. The number of benzene rings is 1. The van der Waals surface area contributed by atoms with Crippen molar-refractivity contribution in [1.82, 2.24) is 20.9 Å². The molecule has 12 nitrogen and oxygen atoms in total. The number of aromatic amines is 1. The first-order valence-electron chi connectivity index (χ1n) is 12.8. The summed E-state index contributed by atoms with van der Waals surface area (Å²) in [4.78, 5) is 65.2. The maximum absolute atomic E-state index is 13.1. The van der Waals surface area contributed by atoms with Crippen molar-refractivity contribution >= 4 is 52.3 Å². The highest BCUT2D eigenvalue weighted by atomic mass is 32.2. The van der Waals surface area contributed by atoms with E-state index in [-0.39, 0.29) is 19.3 Å². The number of thioether (sulfide) groups is 1. The van der Waals surface area contributed by atoms with E-state index in [1.165, 1.54) is 11.8 Å². The summed E-state index contributed by atoms with van der Waals surface area (Å²) in [5.74, 6) is -3.73. The lowest BCUT2D eigenvalue weighted by atomic mass is 10.0. The first-order chi connectivity index (χ1) is 18.6. The molecule has 4 atom stereocenters. The molecule has 39 heavy (non-hydrogen) atoms. The molecule has 0 spiro atoms. The number of primary amides is 1. The zero-order valence-electron chi connectivity index (χ0n) is 22.2. The van der Waals surface area contributed by atoms with Gasteiger partial charge in [-0.1, -0.05) is 38.0 Å². The number of carbonyl (C=O) groups excluding carboxylic acids is 4. The van der Waals surface area contributed by atoms with Crippen LogP contribution in [-0.2, 0) is 30.4 Å². The summed E-state index contributed by atoms with van der Waals surface area (Å²) in [5.41, 5.74) is 13.3. The number of carbonyl (C=O) groups is 5. The Hall–Kier alpha value is -3.58. The molecule has 0 fully saturated rings. The predicted molar refractivity (Wildman–Crippen MR) is 150 cm³/mol. The summed E-state index contributed by atoms with van der Waals surface area (Å²) in [6.45, 7) is 1.91. The molecular formula is C26H38N6O6S. The Balaban J connectivity index is 2.11. The molecule has 0 aliphatic rings. The van der Waals surface area contributed by atoms with Crippen LogP contribution in [0.5, 0.6) is 0 Å². The number of nitrogens with two attached hydrogens (primary N) is 2. The molecule has 214 valence electrons. The number of carboxylic acid groups (broad SMARTS) is 1. The Bertz CT molecular complexity index is 1150. The van der Waals surface area contributed by atoms with Gasteiger partial charge in [0.1, 0.15) is 18.1 Å². The van der Waals surface area contributed by atoms with Crippen molar-refractivity contribution in [2.75, 3.05) is 12.0 Å². The number of amides is 4. The van der Waals surface area contributed by atoms with Gasteiger partial charge in [-0.3, -0.25) is 24.0 Å². The fourth-order valence-electron chi connectivity index (χ4n) is 4.04. The minimum Gasteiger partial charge on any atom is -0.481 e. The molecule has 9 N–H and O–H groups in total. The molecule has 0 saturated carbocycles. The van der Waals surface area contributed by atoms with Crippen molar-refractivity contribution in [3.63, 3.8) is 0 Å². The lowest BCUT2D eigenvalue weighted by Crippen LogP contribution is -2.58. The van der Waals surface area contributed by atoms with Crippen LogP contribution in [0.3, 0.4) is 0 Å². The van der Waals surface area contributed by atoms with Gasteiger partial charge >= 0.3 is 5.97 Å². The molecule has 0 radical (unpaired) electrons. The van der Waals surface area contributed by atoms with E-state index in [4.69, 9.17) is 11.5 Å². The number of aliphatic carboxylic acids is 1. The Morgan fingerprint density at radius 3 is 2.26 bits per heavy atom. The summed E-state index contributed by atoms with van der Waals surface area (Å²) in [6, 6.07) is 3.10. The maximum atomic E-state index is 13.1. The Kier molecular flexibility index (Phi) is 12.8. The molecule has 0 saturated heterocycles. The van der Waals surface area contributed by atoms with Gasteiger partial charge in [0, 0.05) is 17.1 Å². The van der Waals surface area contributed by atoms with Crippen molar-refractivity contribution in [3.05, 3.63) is 36.0 Å². The zero-order valence-corrected chi connectivity index (χ0v) is 23.0. The van der Waals surface area contributed by atoms with Gasteiger partial charge in [-0.15, -0.1) is 0 Å². The average molecular weight is 563 g/mol. The molecule has 0 aliphatic carbocycles. The molecule has 0 bridgehead atoms. The summed E-state index contributed by atoms with van der Waals surface area (Å²) in [7, 11) is 0. The third-order valence-electron chi connectivity index (χ3n) is 6.21. The molecular weight excluding hydrogens is 524 g/mol. The molecule has 4 amide bonds. The van der Waals surface area contributed by atoms with E-state index < -0.39 is 60.2 Å². The number of fused-ring (bicyclic) bond motifs is 1. The molecule has 1 heterocycles. The highest BCUT2D eigenvalue weighted by molar-refractivity contribution is 7.98. The van der Waals surface area contributed by atoms with Gasteiger partial charge in [-0.2, -0.15) is 11.8 Å².